The molecule has 3 N–H and O–H groups in total. The fourth-order valence-electron chi connectivity index (χ4n) is 5.37. The van der Waals surface area contributed by atoms with Gasteiger partial charge in [0.2, 0.25) is 0 Å². The van der Waals surface area contributed by atoms with Crippen LogP contribution in [0, 0.1) is 0 Å². The van der Waals surface area contributed by atoms with Gasteiger partial charge in [0.15, 0.2) is 0 Å². The first kappa shape index (κ1) is 21.9. The van der Waals surface area contributed by atoms with Crippen molar-refractivity contribution in [2.24, 2.45) is 0 Å². The highest BCUT2D eigenvalue weighted by molar-refractivity contribution is 6.08. The Morgan fingerprint density at radius 1 is 0.486 bits per heavy atom. The molecule has 0 spiro atoms. The first-order valence-electron chi connectivity index (χ1n) is 12.2. The summed E-state index contributed by atoms with van der Waals surface area (Å²) in [6.45, 7) is 1.80. The van der Waals surface area contributed by atoms with Crippen LogP contribution in [0.15, 0.2) is 97.1 Å². The fourth-order valence-corrected chi connectivity index (χ4v) is 5.37. The summed E-state index contributed by atoms with van der Waals surface area (Å²) in [7, 11) is 0. The maximum absolute atomic E-state index is 10.8. The van der Waals surface area contributed by atoms with Gasteiger partial charge in [-0.3, -0.25) is 0 Å². The van der Waals surface area contributed by atoms with Crippen LogP contribution in [0.25, 0.3) is 43.6 Å². The summed E-state index contributed by atoms with van der Waals surface area (Å²) in [6, 6.07) is 33.3. The van der Waals surface area contributed by atoms with Gasteiger partial charge in [-0.2, -0.15) is 0 Å². The highest BCUT2D eigenvalue weighted by atomic mass is 16.3. The van der Waals surface area contributed by atoms with E-state index in [9.17, 15) is 10.2 Å². The molecule has 6 rings (SSSR count). The fraction of sp³-hybridized carbons (Fsp3) is 0.200. The average molecular weight is 464 g/mol. The average Bonchev–Trinajstić information content (AvgIpc) is 3.38. The molecule has 2 heterocycles. The van der Waals surface area contributed by atoms with E-state index in [4.69, 9.17) is 0 Å². The quantitative estimate of drug-likeness (QED) is 0.300. The Hall–Kier alpha value is -3.64. The topological polar surface area (TPSA) is 62.3 Å². The van der Waals surface area contributed by atoms with Gasteiger partial charge in [-0.05, 0) is 24.3 Å². The van der Waals surface area contributed by atoms with Crippen molar-refractivity contribution in [3.05, 3.63) is 97.1 Å². The van der Waals surface area contributed by atoms with E-state index in [0.29, 0.717) is 26.2 Å². The van der Waals surface area contributed by atoms with Gasteiger partial charge in [0.1, 0.15) is 0 Å². The van der Waals surface area contributed by atoms with E-state index in [2.05, 4.69) is 87.2 Å². The van der Waals surface area contributed by atoms with Crippen molar-refractivity contribution in [1.82, 2.24) is 14.5 Å². The van der Waals surface area contributed by atoms with Crippen molar-refractivity contribution in [2.45, 2.75) is 25.3 Å². The number of nitrogens with one attached hydrogen (secondary N) is 1. The molecule has 5 nitrogen and oxygen atoms in total. The second kappa shape index (κ2) is 9.19. The molecule has 0 bridgehead atoms. The number of aromatic nitrogens is 2. The number of para-hydroxylation sites is 4. The predicted molar refractivity (Wildman–Crippen MR) is 144 cm³/mol. The molecule has 4 aromatic carbocycles. The molecule has 6 aromatic rings. The molecule has 0 unspecified atom stereocenters. The Balaban J connectivity index is 1.13. The smallest absolute Gasteiger partial charge is 0.0843 e. The van der Waals surface area contributed by atoms with Crippen molar-refractivity contribution in [3.8, 4) is 0 Å². The summed E-state index contributed by atoms with van der Waals surface area (Å²) in [5.41, 5.74) is 4.50. The third-order valence-electron chi connectivity index (χ3n) is 6.91. The maximum atomic E-state index is 10.8. The molecule has 0 radical (unpaired) electrons. The Bertz CT molecular complexity index is 1400. The van der Waals surface area contributed by atoms with Crippen LogP contribution in [0.1, 0.15) is 0 Å². The van der Waals surface area contributed by atoms with E-state index in [1.54, 1.807) is 0 Å². The van der Waals surface area contributed by atoms with Crippen molar-refractivity contribution in [3.63, 3.8) is 0 Å². The lowest BCUT2D eigenvalue weighted by Crippen LogP contribution is -2.36. The summed E-state index contributed by atoms with van der Waals surface area (Å²) in [5.74, 6) is 0. The Labute approximate surface area is 203 Å². The van der Waals surface area contributed by atoms with Gasteiger partial charge in [-0.1, -0.05) is 72.8 Å². The number of nitrogens with zero attached hydrogens (tertiary/aromatic N) is 2. The Morgan fingerprint density at radius 3 is 1.09 bits per heavy atom. The minimum atomic E-state index is -0.574. The van der Waals surface area contributed by atoms with Gasteiger partial charge in [0.05, 0.1) is 25.3 Å². The summed E-state index contributed by atoms with van der Waals surface area (Å²) in [4.78, 5) is 0. The standard InChI is InChI=1S/C30H29N3O2/c34-21(19-32-27-13-5-1-9-23(27)24-10-2-6-14-28(24)32)17-31-18-22(35)20-33-29-15-7-3-11-25(29)26-12-4-8-16-30(26)33/h1-16,21-22,31,34-35H,17-20H2/t21-,22-/m0/s1. The van der Waals surface area contributed by atoms with Crippen LogP contribution >= 0.6 is 0 Å². The van der Waals surface area contributed by atoms with Gasteiger partial charge in [0.25, 0.3) is 0 Å². The van der Waals surface area contributed by atoms with Gasteiger partial charge in [-0.15, -0.1) is 0 Å². The van der Waals surface area contributed by atoms with Crippen LogP contribution in [-0.2, 0) is 13.1 Å². The van der Waals surface area contributed by atoms with Crippen LogP contribution in [0.5, 0.6) is 0 Å². The van der Waals surface area contributed by atoms with E-state index in [1.165, 1.54) is 21.5 Å². The lowest BCUT2D eigenvalue weighted by atomic mass is 10.2. The van der Waals surface area contributed by atoms with Crippen LogP contribution in [-0.4, -0.2) is 44.6 Å². The number of rotatable bonds is 8. The normalized spacial score (nSPS) is 13.8. The molecule has 176 valence electrons. The number of hydrogen-bond donors (Lipinski definition) is 3. The molecule has 0 saturated carbocycles. The van der Waals surface area contributed by atoms with Crippen LogP contribution in [0.2, 0.25) is 0 Å². The zero-order valence-corrected chi connectivity index (χ0v) is 19.5. The van der Waals surface area contributed by atoms with Crippen molar-refractivity contribution in [2.75, 3.05) is 13.1 Å². The van der Waals surface area contributed by atoms with Gasteiger partial charge >= 0.3 is 0 Å². The molecule has 0 saturated heterocycles. The summed E-state index contributed by atoms with van der Waals surface area (Å²) in [5, 5.41) is 29.7. The van der Waals surface area contributed by atoms with Gasteiger partial charge in [-0.25, -0.2) is 0 Å². The Kier molecular flexibility index (Phi) is 5.74. The second-order valence-corrected chi connectivity index (χ2v) is 9.26. The van der Waals surface area contributed by atoms with Crippen molar-refractivity contribution in [1.29, 1.82) is 0 Å². The van der Waals surface area contributed by atoms with Crippen molar-refractivity contribution >= 4 is 43.6 Å². The van der Waals surface area contributed by atoms with Crippen molar-refractivity contribution < 1.29 is 10.2 Å². The zero-order valence-electron chi connectivity index (χ0n) is 19.5. The number of aliphatic hydroxyl groups is 2. The number of aliphatic hydroxyl groups excluding tert-OH is 2. The first-order valence-corrected chi connectivity index (χ1v) is 12.2. The van der Waals surface area contributed by atoms with Gasteiger partial charge < -0.3 is 24.7 Å². The largest absolute Gasteiger partial charge is 0.390 e. The van der Waals surface area contributed by atoms with E-state index in [-0.39, 0.29) is 0 Å². The van der Waals surface area contributed by atoms with E-state index in [0.717, 1.165) is 22.1 Å². The zero-order chi connectivity index (χ0) is 23.8. The molecule has 35 heavy (non-hydrogen) atoms. The monoisotopic (exact) mass is 463 g/mol. The Morgan fingerprint density at radius 2 is 0.771 bits per heavy atom. The molecule has 0 aliphatic carbocycles. The van der Waals surface area contributed by atoms with E-state index < -0.39 is 12.2 Å². The highest BCUT2D eigenvalue weighted by Crippen LogP contribution is 2.30. The van der Waals surface area contributed by atoms with Crippen LogP contribution in [0.3, 0.4) is 0 Å². The number of fused-ring (bicyclic) bond motifs is 6. The molecule has 0 amide bonds. The molecule has 0 fully saturated rings. The predicted octanol–water partition coefficient (Wildman–Crippen LogP) is 4.91. The molecule has 2 atom stereocenters. The molecular weight excluding hydrogens is 434 g/mol. The van der Waals surface area contributed by atoms with E-state index in [1.807, 2.05) is 24.3 Å². The third kappa shape index (κ3) is 3.98. The summed E-state index contributed by atoms with van der Waals surface area (Å²) < 4.78 is 4.37. The summed E-state index contributed by atoms with van der Waals surface area (Å²) in [6.07, 6.45) is -1.15. The summed E-state index contributed by atoms with van der Waals surface area (Å²) >= 11 is 0. The molecular formula is C30H29N3O2. The van der Waals surface area contributed by atoms with Gasteiger partial charge in [0, 0.05) is 56.7 Å². The van der Waals surface area contributed by atoms with Crippen LogP contribution in [0.4, 0.5) is 0 Å². The van der Waals surface area contributed by atoms with E-state index >= 15 is 0 Å². The lowest BCUT2D eigenvalue weighted by Gasteiger charge is -2.18. The number of benzene rings is 4. The minimum absolute atomic E-state index is 0.408. The molecule has 0 aliphatic rings. The van der Waals surface area contributed by atoms with Crippen LogP contribution < -0.4 is 5.32 Å². The first-order chi connectivity index (χ1) is 17.2. The SMILES string of the molecule is O[C@@H](CNC[C@H](O)Cn1c2ccccc2c2ccccc21)Cn1c2ccccc2c2ccccc21. The lowest BCUT2D eigenvalue weighted by molar-refractivity contribution is 0.128. The number of hydrogen-bond acceptors (Lipinski definition) is 3. The second-order valence-electron chi connectivity index (χ2n) is 9.26. The highest BCUT2D eigenvalue weighted by Gasteiger charge is 2.15. The maximum Gasteiger partial charge on any atom is 0.0843 e. The minimum Gasteiger partial charge on any atom is -0.390 e. The molecule has 5 heteroatoms. The third-order valence-corrected chi connectivity index (χ3v) is 6.91. The molecule has 0 aliphatic heterocycles. The molecule has 2 aromatic heterocycles.